The predicted molar refractivity (Wildman–Crippen MR) is 70.7 cm³/mol. The van der Waals surface area contributed by atoms with Crippen molar-refractivity contribution in [1.82, 2.24) is 20.1 Å². The molecule has 1 heterocycles. The van der Waals surface area contributed by atoms with Crippen molar-refractivity contribution in [3.05, 3.63) is 46.2 Å². The van der Waals surface area contributed by atoms with E-state index in [0.717, 1.165) is 0 Å². The Labute approximate surface area is 114 Å². The molecule has 2 N–H and O–H groups in total. The Hall–Kier alpha value is -2.02. The van der Waals surface area contributed by atoms with Gasteiger partial charge in [-0.15, -0.1) is 0 Å². The molecule has 1 aromatic carbocycles. The normalized spacial score (nSPS) is 12.2. The summed E-state index contributed by atoms with van der Waals surface area (Å²) in [6.07, 6.45) is 0. The van der Waals surface area contributed by atoms with Crippen LogP contribution in [0, 0.1) is 10.6 Å². The second-order valence-electron chi connectivity index (χ2n) is 4.15. The molecule has 0 saturated heterocycles. The van der Waals surface area contributed by atoms with Crippen molar-refractivity contribution in [2.75, 3.05) is 0 Å². The molecule has 0 aliphatic carbocycles. The van der Waals surface area contributed by atoms with Gasteiger partial charge in [0.1, 0.15) is 5.82 Å². The molecule has 5 nitrogen and oxygen atoms in total. The van der Waals surface area contributed by atoms with Gasteiger partial charge in [-0.2, -0.15) is 5.10 Å². The lowest BCUT2D eigenvalue weighted by atomic mass is 10.2. The van der Waals surface area contributed by atoms with Crippen LogP contribution in [0.3, 0.4) is 0 Å². The van der Waals surface area contributed by atoms with Crippen molar-refractivity contribution < 1.29 is 9.18 Å². The number of nitrogens with one attached hydrogen (secondary N) is 2. The van der Waals surface area contributed by atoms with Crippen molar-refractivity contribution >= 4 is 18.1 Å². The first-order valence-corrected chi connectivity index (χ1v) is 6.07. The molecule has 7 heteroatoms. The zero-order valence-electron chi connectivity index (χ0n) is 10.5. The van der Waals surface area contributed by atoms with Gasteiger partial charge in [0.2, 0.25) is 0 Å². The lowest BCUT2D eigenvalue weighted by Crippen LogP contribution is -2.28. The minimum absolute atomic E-state index is 0.290. The van der Waals surface area contributed by atoms with Gasteiger partial charge in [-0.05, 0) is 43.4 Å². The minimum Gasteiger partial charge on any atom is -0.342 e. The van der Waals surface area contributed by atoms with Crippen molar-refractivity contribution in [2.45, 2.75) is 13.0 Å². The number of H-pyrrole nitrogens is 1. The van der Waals surface area contributed by atoms with Crippen LogP contribution in [0.25, 0.3) is 0 Å². The first kappa shape index (κ1) is 13.4. The summed E-state index contributed by atoms with van der Waals surface area (Å²) in [5.41, 5.74) is 0.394. The number of carbonyl (C=O) groups excluding carboxylic acids is 1. The highest BCUT2D eigenvalue weighted by atomic mass is 32.1. The topological polar surface area (TPSA) is 62.7 Å². The van der Waals surface area contributed by atoms with Crippen LogP contribution in [-0.2, 0) is 7.05 Å². The van der Waals surface area contributed by atoms with E-state index in [-0.39, 0.29) is 17.8 Å². The maximum atomic E-state index is 12.8. The number of carbonyl (C=O) groups is 1. The average molecular weight is 280 g/mol. The van der Waals surface area contributed by atoms with Crippen LogP contribution in [-0.4, -0.2) is 20.7 Å². The lowest BCUT2D eigenvalue weighted by Gasteiger charge is -2.12. The standard InChI is InChI=1S/C12H13FN4OS/c1-7(10-15-16-12(19)17(10)2)14-11(18)8-3-5-9(13)6-4-8/h3-7H,1-2H3,(H,14,18)(H,16,19)/t7-/m0/s1. The molecule has 0 saturated carbocycles. The largest absolute Gasteiger partial charge is 0.342 e. The first-order chi connectivity index (χ1) is 8.99. The monoisotopic (exact) mass is 280 g/mol. The number of aromatic amines is 1. The molecule has 2 rings (SSSR count). The highest BCUT2D eigenvalue weighted by Gasteiger charge is 2.15. The molecule has 0 unspecified atom stereocenters. The van der Waals surface area contributed by atoms with Gasteiger partial charge in [0, 0.05) is 12.6 Å². The third-order valence-corrected chi connectivity index (χ3v) is 3.12. The van der Waals surface area contributed by atoms with E-state index in [9.17, 15) is 9.18 Å². The summed E-state index contributed by atoms with van der Waals surface area (Å²) in [6, 6.07) is 5.04. The fourth-order valence-electron chi connectivity index (χ4n) is 1.69. The van der Waals surface area contributed by atoms with Crippen molar-refractivity contribution in [2.24, 2.45) is 7.05 Å². The van der Waals surface area contributed by atoms with Gasteiger partial charge in [-0.1, -0.05) is 0 Å². The van der Waals surface area contributed by atoms with Gasteiger partial charge in [0.05, 0.1) is 6.04 Å². The second-order valence-corrected chi connectivity index (χ2v) is 4.53. The number of hydrogen-bond donors (Lipinski definition) is 2. The quantitative estimate of drug-likeness (QED) is 0.846. The molecular formula is C12H13FN4OS. The summed E-state index contributed by atoms with van der Waals surface area (Å²) in [5, 5.41) is 9.48. The molecule has 1 amide bonds. The number of rotatable bonds is 3. The van der Waals surface area contributed by atoms with Gasteiger partial charge >= 0.3 is 0 Å². The highest BCUT2D eigenvalue weighted by Crippen LogP contribution is 2.10. The molecule has 1 atom stereocenters. The summed E-state index contributed by atoms with van der Waals surface area (Å²) >= 11 is 5.01. The van der Waals surface area contributed by atoms with Gasteiger partial charge in [0.15, 0.2) is 10.6 Å². The molecule has 19 heavy (non-hydrogen) atoms. The van der Waals surface area contributed by atoms with Gasteiger partial charge < -0.3 is 9.88 Å². The Kier molecular flexibility index (Phi) is 3.75. The molecular weight excluding hydrogens is 267 g/mol. The van der Waals surface area contributed by atoms with Crippen LogP contribution in [0.5, 0.6) is 0 Å². The molecule has 1 aromatic heterocycles. The summed E-state index contributed by atoms with van der Waals surface area (Å²) < 4.78 is 14.9. The summed E-state index contributed by atoms with van der Waals surface area (Å²) in [5.74, 6) is -0.0408. The van der Waals surface area contributed by atoms with Crippen LogP contribution < -0.4 is 5.32 Å². The van der Waals surface area contributed by atoms with E-state index in [0.29, 0.717) is 16.2 Å². The Bertz CT molecular complexity index is 646. The van der Waals surface area contributed by atoms with Crippen LogP contribution in [0.4, 0.5) is 4.39 Å². The zero-order chi connectivity index (χ0) is 14.0. The van der Waals surface area contributed by atoms with Crippen LogP contribution >= 0.6 is 12.2 Å². The Morgan fingerprint density at radius 1 is 1.47 bits per heavy atom. The Morgan fingerprint density at radius 3 is 2.63 bits per heavy atom. The summed E-state index contributed by atoms with van der Waals surface area (Å²) in [4.78, 5) is 12.0. The molecule has 0 fully saturated rings. The van der Waals surface area contributed by atoms with Crippen molar-refractivity contribution in [1.29, 1.82) is 0 Å². The lowest BCUT2D eigenvalue weighted by molar-refractivity contribution is 0.0937. The zero-order valence-corrected chi connectivity index (χ0v) is 11.3. The Morgan fingerprint density at radius 2 is 2.11 bits per heavy atom. The van der Waals surface area contributed by atoms with Crippen LogP contribution in [0.2, 0.25) is 0 Å². The van der Waals surface area contributed by atoms with Crippen LogP contribution in [0.1, 0.15) is 29.1 Å². The van der Waals surface area contributed by atoms with E-state index in [1.807, 2.05) is 0 Å². The second kappa shape index (κ2) is 5.31. The maximum Gasteiger partial charge on any atom is 0.251 e. The van der Waals surface area contributed by atoms with E-state index in [4.69, 9.17) is 12.2 Å². The third-order valence-electron chi connectivity index (χ3n) is 2.76. The molecule has 2 aromatic rings. The highest BCUT2D eigenvalue weighted by molar-refractivity contribution is 7.71. The van der Waals surface area contributed by atoms with Crippen molar-refractivity contribution in [3.8, 4) is 0 Å². The number of aromatic nitrogens is 3. The third kappa shape index (κ3) is 2.87. The van der Waals surface area contributed by atoms with Gasteiger partial charge in [0.25, 0.3) is 5.91 Å². The first-order valence-electron chi connectivity index (χ1n) is 5.66. The molecule has 0 bridgehead atoms. The van der Waals surface area contributed by atoms with Crippen LogP contribution in [0.15, 0.2) is 24.3 Å². The number of nitrogens with zero attached hydrogens (tertiary/aromatic N) is 2. The molecule has 0 aliphatic heterocycles. The molecule has 0 spiro atoms. The predicted octanol–water partition coefficient (Wildman–Crippen LogP) is 2.11. The number of halogens is 1. The number of benzene rings is 1. The fourth-order valence-corrected chi connectivity index (χ4v) is 1.83. The van der Waals surface area contributed by atoms with E-state index < -0.39 is 0 Å². The maximum absolute atomic E-state index is 12.8. The SMILES string of the molecule is C[C@H](NC(=O)c1ccc(F)cc1)c1n[nH]c(=S)n1C. The van der Waals surface area contributed by atoms with E-state index in [1.54, 1.807) is 18.5 Å². The van der Waals surface area contributed by atoms with Gasteiger partial charge in [-0.25, -0.2) is 4.39 Å². The number of amides is 1. The minimum atomic E-state index is -0.376. The van der Waals surface area contributed by atoms with E-state index in [2.05, 4.69) is 15.5 Å². The smallest absolute Gasteiger partial charge is 0.251 e. The fraction of sp³-hybridized carbons (Fsp3) is 0.250. The summed E-state index contributed by atoms with van der Waals surface area (Å²) in [6.45, 7) is 1.80. The van der Waals surface area contributed by atoms with Crippen molar-refractivity contribution in [3.63, 3.8) is 0 Å². The Balaban J connectivity index is 2.13. The molecule has 100 valence electrons. The molecule has 0 radical (unpaired) electrons. The van der Waals surface area contributed by atoms with Gasteiger partial charge in [-0.3, -0.25) is 9.89 Å². The van der Waals surface area contributed by atoms with E-state index >= 15 is 0 Å². The average Bonchev–Trinajstić information content (AvgIpc) is 2.70. The van der Waals surface area contributed by atoms with E-state index in [1.165, 1.54) is 24.3 Å². The summed E-state index contributed by atoms with van der Waals surface area (Å²) in [7, 11) is 1.77. The number of hydrogen-bond acceptors (Lipinski definition) is 3. The molecule has 0 aliphatic rings.